The smallest absolute Gasteiger partial charge is 0.273 e. The van der Waals surface area contributed by atoms with Crippen LogP contribution in [0, 0.1) is 0 Å². The van der Waals surface area contributed by atoms with Crippen LogP contribution in [0.3, 0.4) is 0 Å². The minimum absolute atomic E-state index is 0. The maximum atomic E-state index is 10.9. The number of hydrogen-bond acceptors (Lipinski definition) is 2. The van der Waals surface area contributed by atoms with Gasteiger partial charge in [0.2, 0.25) is 0 Å². The molecule has 5 heteroatoms. The summed E-state index contributed by atoms with van der Waals surface area (Å²) in [4.78, 5) is 21.9. The van der Waals surface area contributed by atoms with Crippen LogP contribution < -0.4 is 12.4 Å². The normalized spacial score (nSPS) is 17.5. The van der Waals surface area contributed by atoms with Gasteiger partial charge in [-0.05, 0) is 0 Å². The molecule has 64 valence electrons. The fourth-order valence-electron chi connectivity index (χ4n) is 0.963. The number of rotatable bonds is 1. The van der Waals surface area contributed by atoms with Crippen molar-refractivity contribution in [2.24, 2.45) is 0 Å². The number of nitrogens with zero attached hydrogens (tertiary/aromatic N) is 1. The Bertz CT molecular complexity index is 167. The second kappa shape index (κ2) is 3.97. The zero-order valence-electron chi connectivity index (χ0n) is 6.46. The molecule has 1 fully saturated rings. The van der Waals surface area contributed by atoms with Crippen LogP contribution in [0.2, 0.25) is 0 Å². The van der Waals surface area contributed by atoms with Crippen LogP contribution >= 0.6 is 0 Å². The van der Waals surface area contributed by atoms with Gasteiger partial charge in [0.25, 0.3) is 11.8 Å². The van der Waals surface area contributed by atoms with Gasteiger partial charge >= 0.3 is 0 Å². The molecule has 1 heterocycles. The SMILES string of the molecule is C[S+](C)N1C(=O)CCC1=O.[Cl-]. The summed E-state index contributed by atoms with van der Waals surface area (Å²) in [7, 11) is 0. The van der Waals surface area contributed by atoms with Crippen LogP contribution in [-0.2, 0) is 20.7 Å². The van der Waals surface area contributed by atoms with Crippen molar-refractivity contribution in [3.63, 3.8) is 0 Å². The van der Waals surface area contributed by atoms with Crippen molar-refractivity contribution < 1.29 is 22.0 Å². The van der Waals surface area contributed by atoms with Crippen LogP contribution in [0.1, 0.15) is 12.8 Å². The van der Waals surface area contributed by atoms with Gasteiger partial charge in [0.15, 0.2) is 0 Å². The Morgan fingerprint density at radius 2 is 1.55 bits per heavy atom. The number of imide groups is 1. The van der Waals surface area contributed by atoms with Gasteiger partial charge in [-0.1, -0.05) is 4.31 Å². The summed E-state index contributed by atoms with van der Waals surface area (Å²) in [6, 6.07) is 0. The van der Waals surface area contributed by atoms with E-state index in [0.29, 0.717) is 12.8 Å². The first-order valence-electron chi connectivity index (χ1n) is 3.06. The molecule has 0 unspecified atom stereocenters. The number of amides is 2. The van der Waals surface area contributed by atoms with Crippen molar-refractivity contribution in [3.05, 3.63) is 0 Å². The highest BCUT2D eigenvalue weighted by Crippen LogP contribution is 2.14. The first-order valence-corrected chi connectivity index (χ1v) is 5.06. The molecule has 0 aromatic heterocycles. The van der Waals surface area contributed by atoms with E-state index in [1.54, 1.807) is 0 Å². The van der Waals surface area contributed by atoms with E-state index in [1.165, 1.54) is 4.31 Å². The van der Waals surface area contributed by atoms with Crippen molar-refractivity contribution in [2.75, 3.05) is 12.5 Å². The van der Waals surface area contributed by atoms with Gasteiger partial charge in [-0.15, -0.1) is 0 Å². The lowest BCUT2D eigenvalue weighted by atomic mass is 10.4. The van der Waals surface area contributed by atoms with Gasteiger partial charge in [0, 0.05) is 12.8 Å². The quantitative estimate of drug-likeness (QED) is 0.329. The van der Waals surface area contributed by atoms with Crippen molar-refractivity contribution in [3.8, 4) is 0 Å². The molecule has 0 bridgehead atoms. The predicted octanol–water partition coefficient (Wildman–Crippen LogP) is -3.07. The average Bonchev–Trinajstić information content (AvgIpc) is 2.11. The average molecular weight is 196 g/mol. The molecule has 0 saturated carbocycles. The Hall–Kier alpha value is -0.220. The Morgan fingerprint density at radius 3 is 1.73 bits per heavy atom. The molecule has 1 saturated heterocycles. The minimum Gasteiger partial charge on any atom is -1.00 e. The number of hydrogen-bond donors (Lipinski definition) is 0. The third-order valence-corrected chi connectivity index (χ3v) is 2.51. The summed E-state index contributed by atoms with van der Waals surface area (Å²) < 4.78 is 1.36. The summed E-state index contributed by atoms with van der Waals surface area (Å²) >= 11 is -0.217. The molecule has 2 amide bonds. The van der Waals surface area contributed by atoms with Crippen LogP contribution in [0.4, 0.5) is 0 Å². The van der Waals surface area contributed by atoms with E-state index in [0.717, 1.165) is 0 Å². The molecule has 0 radical (unpaired) electrons. The van der Waals surface area contributed by atoms with Crippen molar-refractivity contribution in [2.45, 2.75) is 12.8 Å². The van der Waals surface area contributed by atoms with E-state index in [1.807, 2.05) is 12.5 Å². The van der Waals surface area contributed by atoms with E-state index in [9.17, 15) is 9.59 Å². The van der Waals surface area contributed by atoms with Crippen LogP contribution in [0.5, 0.6) is 0 Å². The molecule has 0 aromatic rings. The minimum atomic E-state index is -0.217. The summed E-state index contributed by atoms with van der Waals surface area (Å²) in [5.74, 6) is -0.0309. The second-order valence-corrected chi connectivity index (χ2v) is 4.27. The van der Waals surface area contributed by atoms with Crippen LogP contribution in [-0.4, -0.2) is 28.6 Å². The van der Waals surface area contributed by atoms with Gasteiger partial charge in [-0.25, -0.2) is 0 Å². The zero-order chi connectivity index (χ0) is 7.72. The Labute approximate surface area is 75.0 Å². The topological polar surface area (TPSA) is 37.4 Å². The van der Waals surface area contributed by atoms with E-state index < -0.39 is 0 Å². The summed E-state index contributed by atoms with van der Waals surface area (Å²) in [6.07, 6.45) is 4.57. The first-order chi connectivity index (χ1) is 4.63. The maximum Gasteiger partial charge on any atom is 0.273 e. The van der Waals surface area contributed by atoms with Gasteiger partial charge in [0.1, 0.15) is 23.6 Å². The number of halogens is 1. The lowest BCUT2D eigenvalue weighted by molar-refractivity contribution is -0.131. The Morgan fingerprint density at radius 1 is 1.18 bits per heavy atom. The second-order valence-electron chi connectivity index (χ2n) is 2.36. The van der Waals surface area contributed by atoms with E-state index in [2.05, 4.69) is 0 Å². The van der Waals surface area contributed by atoms with Crippen LogP contribution in [0.25, 0.3) is 0 Å². The maximum absolute atomic E-state index is 10.9. The molecule has 0 N–H and O–H groups in total. The fraction of sp³-hybridized carbons (Fsp3) is 0.667. The highest BCUT2D eigenvalue weighted by molar-refractivity contribution is 7.94. The molecule has 11 heavy (non-hydrogen) atoms. The lowest BCUT2D eigenvalue weighted by Crippen LogP contribution is -3.00. The Kier molecular flexibility index (Phi) is 3.89. The highest BCUT2D eigenvalue weighted by Gasteiger charge is 2.37. The lowest BCUT2D eigenvalue weighted by Gasteiger charge is -2.05. The fourth-order valence-corrected chi connectivity index (χ4v) is 1.96. The summed E-state index contributed by atoms with van der Waals surface area (Å²) in [5.41, 5.74) is 0. The monoisotopic (exact) mass is 195 g/mol. The van der Waals surface area contributed by atoms with Crippen molar-refractivity contribution in [1.29, 1.82) is 0 Å². The largest absolute Gasteiger partial charge is 1.00 e. The molecular formula is C6H10ClNO2S. The van der Waals surface area contributed by atoms with E-state index in [4.69, 9.17) is 0 Å². The summed E-state index contributed by atoms with van der Waals surface area (Å²) in [6.45, 7) is 0. The highest BCUT2D eigenvalue weighted by atomic mass is 35.5. The van der Waals surface area contributed by atoms with Gasteiger partial charge in [0.05, 0.1) is 0 Å². The molecule has 1 aliphatic rings. The van der Waals surface area contributed by atoms with Crippen molar-refractivity contribution in [1.82, 2.24) is 4.31 Å². The van der Waals surface area contributed by atoms with E-state index >= 15 is 0 Å². The van der Waals surface area contributed by atoms with Crippen LogP contribution in [0.15, 0.2) is 0 Å². The van der Waals surface area contributed by atoms with Gasteiger partial charge < -0.3 is 12.4 Å². The van der Waals surface area contributed by atoms with Gasteiger partial charge in [-0.3, -0.25) is 9.59 Å². The molecule has 0 aromatic carbocycles. The summed E-state index contributed by atoms with van der Waals surface area (Å²) in [5, 5.41) is 0. The molecule has 0 atom stereocenters. The molecule has 0 aliphatic carbocycles. The number of carbonyl (C=O) groups excluding carboxylic acids is 2. The molecular weight excluding hydrogens is 186 g/mol. The zero-order valence-corrected chi connectivity index (χ0v) is 8.04. The van der Waals surface area contributed by atoms with Crippen molar-refractivity contribution >= 4 is 22.9 Å². The molecule has 1 rings (SSSR count). The molecule has 1 aliphatic heterocycles. The third-order valence-electron chi connectivity index (χ3n) is 1.37. The molecule has 3 nitrogen and oxygen atoms in total. The predicted molar refractivity (Wildman–Crippen MR) is 40.3 cm³/mol. The van der Waals surface area contributed by atoms with E-state index in [-0.39, 0.29) is 35.3 Å². The third kappa shape index (κ3) is 2.10. The molecule has 0 spiro atoms. The first kappa shape index (κ1) is 10.8. The van der Waals surface area contributed by atoms with Gasteiger partial charge in [-0.2, -0.15) is 0 Å². The number of carbonyl (C=O) groups is 2. The standard InChI is InChI=1S/C6H10NO2S.ClH/c1-10(2)7-5(8)3-4-6(7)9;/h3-4H2,1-2H3;1H/q+1;/p-1. The Balaban J connectivity index is 0.000001000.